The molecule has 0 bridgehead atoms. The molecule has 18 aromatic rings. The van der Waals surface area contributed by atoms with Crippen LogP contribution in [-0.4, -0.2) is 205 Å². The zero-order valence-corrected chi connectivity index (χ0v) is 82.2. The topological polar surface area (TPSA) is 404 Å². The number of benzene rings is 6. The Kier molecular flexibility index (Phi) is 33.9. The molecule has 21 rings (SSSR count). The Balaban J connectivity index is 0.000000190. The van der Waals surface area contributed by atoms with E-state index in [0.29, 0.717) is 110 Å². The minimum atomic E-state index is -5.06. The van der Waals surface area contributed by atoms with E-state index in [1.165, 1.54) is 5.56 Å². The van der Waals surface area contributed by atoms with E-state index in [4.69, 9.17) is 44.4 Å². The number of hydrogen-bond acceptors (Lipinski definition) is 25. The van der Waals surface area contributed by atoms with E-state index in [1.807, 2.05) is 181 Å². The third-order valence-electron chi connectivity index (χ3n) is 23.9. The van der Waals surface area contributed by atoms with Gasteiger partial charge in [0.25, 0.3) is 0 Å². The monoisotopic (exact) mass is 1940 g/mol. The maximum atomic E-state index is 13.3. The van der Waals surface area contributed by atoms with E-state index < -0.39 is 35.2 Å². The van der Waals surface area contributed by atoms with Crippen LogP contribution in [0.4, 0.5) is 26.3 Å². The molecular weight excluding hydrogens is 1860 g/mol. The number of nitrogens with one attached hydrogen (secondary N) is 3. The van der Waals surface area contributed by atoms with Crippen molar-refractivity contribution in [1.82, 2.24) is 114 Å². The maximum absolute atomic E-state index is 13.3. The fraction of sp³-hybridized carbons (Fsp3) is 0.192. The molecule has 2 amide bonds. The molecule has 3 aliphatic rings. The number of halogens is 6. The van der Waals surface area contributed by atoms with Crippen LogP contribution < -0.4 is 73.1 Å². The molecule has 3 saturated carbocycles. The first kappa shape index (κ1) is 105. The Morgan fingerprint density at radius 2 is 0.683 bits per heavy atom. The van der Waals surface area contributed by atoms with Gasteiger partial charge < -0.3 is 60.6 Å². The van der Waals surface area contributed by atoms with Crippen molar-refractivity contribution in [3.8, 4) is 102 Å². The summed E-state index contributed by atoms with van der Waals surface area (Å²) in [6, 6.07) is 70.1. The van der Waals surface area contributed by atoms with Gasteiger partial charge in [-0.2, -0.15) is 26.3 Å². The van der Waals surface area contributed by atoms with Crippen molar-refractivity contribution in [2.45, 2.75) is 79.6 Å². The molecule has 684 valence electrons. The number of nitrogens with two attached hydrogens (primary N) is 1. The van der Waals surface area contributed by atoms with Gasteiger partial charge >= 0.3 is 95.0 Å². The standard InChI is InChI=1S/C33H27F3N8O.C31H20F3N7O2.C31H28N8.C2H7N.2CN.2B.K.H2O.Zn/c1-43(2)23-18-32(19-23,40-31(45)33(34,35)36)22-11-9-21(10-12-22)27-24(20-7-4-3-5-8-20)17-25-26(39-27)13-16-44-29(25)41-42-30(44)28-37-14-6-15-38-28;32-31(33,34)29(43)38-30(16-21(42)17-30)20-9-7-19(8-10-20)25-22(18-5-2-1-3-6-18)15-23-24(37-25)11-14-41-27(23)39-40-28(41)26-35-12-4-13-36-26;1-38(2)23-18-31(32,19-23)22-11-9-21(10-12-22)27-24(20-7-4-3-5-8-20)17-25-26(35-27)13-16-39-29(25)36-37-30(39)28-33-14-6-15-34-28;1-3-2;2*1-2;;;;;/h3-17,23H,18-19H2,1-2H3,(H,40,45);1-15H,16-17H2,(H,38,43);3-17,23H,18-19,32H2,1-2H3;3H,1-2H3;;;;;;1H2;/q;;;;2*-1;;;+1;;+2/p-1. The summed E-state index contributed by atoms with van der Waals surface area (Å²) in [5.74, 6) is -1.25. The van der Waals surface area contributed by atoms with Crippen LogP contribution in [0.3, 0.4) is 0 Å². The number of alkyl halides is 6. The molecule has 0 saturated heterocycles. The van der Waals surface area contributed by atoms with Gasteiger partial charge in [0.1, 0.15) is 5.78 Å². The number of rotatable bonds is 16. The molecule has 40 heteroatoms. The van der Waals surface area contributed by atoms with Gasteiger partial charge in [-0.1, -0.05) is 164 Å². The van der Waals surface area contributed by atoms with Gasteiger partial charge in [0, 0.05) is 153 Å². The summed E-state index contributed by atoms with van der Waals surface area (Å²) in [5.41, 5.74) is 20.6. The maximum Gasteiger partial charge on any atom is 2.00 e. The molecule has 0 spiro atoms. The number of Topliss-reactive ketones (excluding diaryl/α,β-unsaturated/α-hetero) is 1. The summed E-state index contributed by atoms with van der Waals surface area (Å²) >= 11 is 0. The molecule has 12 heterocycles. The second-order valence-electron chi connectivity index (χ2n) is 32.8. The number of ketones is 1. The summed E-state index contributed by atoms with van der Waals surface area (Å²) in [6.45, 7) is 9.50. The van der Waals surface area contributed by atoms with Gasteiger partial charge in [0.15, 0.2) is 34.4 Å². The van der Waals surface area contributed by atoms with E-state index >= 15 is 0 Å². The van der Waals surface area contributed by atoms with Gasteiger partial charge in [-0.05, 0) is 156 Å². The van der Waals surface area contributed by atoms with E-state index in [-0.39, 0.29) is 123 Å². The number of carbonyl (C=O) groups excluding carboxylic acids is 3. The van der Waals surface area contributed by atoms with Crippen LogP contribution in [-0.2, 0) is 50.5 Å². The molecule has 0 aliphatic heterocycles. The van der Waals surface area contributed by atoms with Crippen LogP contribution in [0.5, 0.6) is 0 Å². The van der Waals surface area contributed by atoms with Crippen molar-refractivity contribution >= 4 is 84.1 Å². The molecule has 6 radical (unpaired) electrons. The fourth-order valence-corrected chi connectivity index (χ4v) is 17.0. The number of fused-ring (bicyclic) bond motifs is 9. The van der Waals surface area contributed by atoms with Crippen LogP contribution in [0.15, 0.2) is 274 Å². The quantitative estimate of drug-likeness (QED) is 0.0396. The first-order valence-corrected chi connectivity index (χ1v) is 42.1. The molecule has 3 aliphatic carbocycles. The minimum Gasteiger partial charge on any atom is -0.870 e. The van der Waals surface area contributed by atoms with E-state index in [2.05, 4.69) is 133 Å². The average Bonchev–Trinajstić information content (AvgIpc) is 1.69. The molecule has 6 aromatic carbocycles. The van der Waals surface area contributed by atoms with Gasteiger partial charge in [-0.25, -0.2) is 44.9 Å². The minimum absolute atomic E-state index is 0. The van der Waals surface area contributed by atoms with Crippen molar-refractivity contribution in [1.29, 1.82) is 10.5 Å². The number of nitrogens with zero attached hydrogens (tertiary/aromatic N) is 22. The zero-order valence-electron chi connectivity index (χ0n) is 76.1. The summed E-state index contributed by atoms with van der Waals surface area (Å²) < 4.78 is 84.5. The second-order valence-corrected chi connectivity index (χ2v) is 32.8. The molecular formula is C99H83B2F6KN26O4Zn. The first-order chi connectivity index (χ1) is 64.8. The van der Waals surface area contributed by atoms with Crippen LogP contribution in [0.25, 0.3) is 152 Å². The van der Waals surface area contributed by atoms with Crippen LogP contribution >= 0.6 is 0 Å². The molecule has 6 N–H and O–H groups in total. The number of hydrogen-bond donors (Lipinski definition) is 4. The summed E-state index contributed by atoms with van der Waals surface area (Å²) in [7, 11) is 11.7. The Morgan fingerprint density at radius 1 is 0.410 bits per heavy atom. The summed E-state index contributed by atoms with van der Waals surface area (Å²) in [4.78, 5) is 81.0. The Morgan fingerprint density at radius 3 is 0.964 bits per heavy atom. The fourth-order valence-electron chi connectivity index (χ4n) is 17.0. The van der Waals surface area contributed by atoms with Crippen molar-refractivity contribution in [2.24, 2.45) is 5.73 Å². The molecule has 30 nitrogen and oxygen atoms in total. The SMILES string of the molecule is CN(C)C1CC(N)(c2ccc(-c3nc4ccn5c(-c6ncccn6)nnc5c4cc3-c3ccccc3)cc2)C1.CN(C)C1CC(NC(=O)C(F)(F)F)(c2ccc(-c3nc4ccn5c(-c6ncccn6)nnc5c4cc3-c3ccccc3)cc2)C1.CNC.O=C1CC(NC(=O)C(F)(F)F)(c2ccc(-c3nc4ccn5c(-c6ncccn6)nnc5c4cc3-c3ccccc3)cc2)C1.[B].[B].[C-]#N.[C-]#N.[K+].[OH-].[Zn+2]. The number of carbonyl (C=O) groups is 3. The predicted molar refractivity (Wildman–Crippen MR) is 504 cm³/mol. The van der Waals surface area contributed by atoms with Crippen molar-refractivity contribution in [3.63, 3.8) is 0 Å². The van der Waals surface area contributed by atoms with Gasteiger partial charge in [-0.3, -0.25) is 27.6 Å². The second kappa shape index (κ2) is 44.6. The zero-order chi connectivity index (χ0) is 94.4. The molecule has 3 fully saturated rings. The van der Waals surface area contributed by atoms with Crippen LogP contribution in [0.1, 0.15) is 55.2 Å². The van der Waals surface area contributed by atoms with Gasteiger partial charge in [0.2, 0.25) is 17.5 Å². The third-order valence-corrected chi connectivity index (χ3v) is 23.9. The number of aromatic nitrogens is 18. The molecule has 0 atom stereocenters. The molecule has 0 unspecified atom stereocenters. The predicted octanol–water partition coefficient (Wildman–Crippen LogP) is 12.0. The van der Waals surface area contributed by atoms with Crippen molar-refractivity contribution in [2.75, 3.05) is 42.3 Å². The van der Waals surface area contributed by atoms with Crippen molar-refractivity contribution in [3.05, 3.63) is 304 Å². The summed E-state index contributed by atoms with van der Waals surface area (Å²) in [6.07, 6.45) is 7.75. The Bertz CT molecular complexity index is 7370. The van der Waals surface area contributed by atoms with Gasteiger partial charge in [0.05, 0.1) is 44.7 Å². The molecule has 139 heavy (non-hydrogen) atoms. The third kappa shape index (κ3) is 21.6. The Labute approximate surface area is 852 Å². The van der Waals surface area contributed by atoms with Crippen LogP contribution in [0.2, 0.25) is 0 Å². The molecule has 12 aromatic heterocycles. The number of amides is 2. The van der Waals surface area contributed by atoms with E-state index in [0.717, 1.165) is 84.7 Å². The normalized spacial score (nSPS) is 15.9. The van der Waals surface area contributed by atoms with Crippen LogP contribution in [0, 0.1) is 23.7 Å². The Hall–Kier alpha value is -14.0. The number of pyridine rings is 6. The van der Waals surface area contributed by atoms with E-state index in [1.54, 1.807) is 102 Å². The summed E-state index contributed by atoms with van der Waals surface area (Å²) in [5, 5.41) is 48.5. The first-order valence-electron chi connectivity index (χ1n) is 42.1. The van der Waals surface area contributed by atoms with Gasteiger partial charge in [-0.15, -0.1) is 30.6 Å². The largest absolute Gasteiger partial charge is 2.00 e. The smallest absolute Gasteiger partial charge is 0.870 e. The van der Waals surface area contributed by atoms with E-state index in [9.17, 15) is 40.7 Å². The van der Waals surface area contributed by atoms with Crippen molar-refractivity contribution < 1.29 is 117 Å². The average molecular weight is 1940 g/mol.